The summed E-state index contributed by atoms with van der Waals surface area (Å²) < 4.78 is 0. The number of carboxylic acid groups (broad SMARTS) is 1. The van der Waals surface area contributed by atoms with Gasteiger partial charge in [-0.05, 0) is 11.6 Å². The van der Waals surface area contributed by atoms with Gasteiger partial charge in [-0.3, -0.25) is 0 Å². The second-order valence-electron chi connectivity index (χ2n) is 3.92. The molecule has 2 aromatic rings. The number of rotatable bonds is 4. The predicted octanol–water partition coefficient (Wildman–Crippen LogP) is 1.81. The fourth-order valence-corrected chi connectivity index (χ4v) is 1.71. The van der Waals surface area contributed by atoms with Crippen molar-refractivity contribution < 1.29 is 9.90 Å². The lowest BCUT2D eigenvalue weighted by Gasteiger charge is -2.19. The first-order valence-corrected chi connectivity index (χ1v) is 5.48. The first kappa shape index (κ1) is 12.0. The SMILES string of the molecule is CN(Cc1ccccc1)c1nnccc1C(=O)O. The highest BCUT2D eigenvalue weighted by Gasteiger charge is 2.15. The van der Waals surface area contributed by atoms with E-state index in [9.17, 15) is 4.79 Å². The van der Waals surface area contributed by atoms with Crippen molar-refractivity contribution >= 4 is 11.8 Å². The summed E-state index contributed by atoms with van der Waals surface area (Å²) in [5.74, 6) is -0.631. The molecule has 92 valence electrons. The molecule has 0 unspecified atom stereocenters. The normalized spacial score (nSPS) is 10.1. The molecule has 5 heteroatoms. The Bertz CT molecular complexity index is 543. The number of hydrogen-bond acceptors (Lipinski definition) is 4. The topological polar surface area (TPSA) is 66.3 Å². The van der Waals surface area contributed by atoms with E-state index < -0.39 is 5.97 Å². The largest absolute Gasteiger partial charge is 0.478 e. The maximum atomic E-state index is 11.1. The minimum Gasteiger partial charge on any atom is -0.478 e. The molecule has 0 saturated heterocycles. The van der Waals surface area contributed by atoms with Crippen LogP contribution in [0, 0.1) is 0 Å². The van der Waals surface area contributed by atoms with E-state index in [1.165, 1.54) is 12.3 Å². The molecule has 1 aromatic heterocycles. The van der Waals surface area contributed by atoms with Crippen LogP contribution in [0.4, 0.5) is 5.82 Å². The number of aromatic carboxylic acids is 1. The predicted molar refractivity (Wildman–Crippen MR) is 67.5 cm³/mol. The number of hydrogen-bond donors (Lipinski definition) is 1. The molecule has 5 nitrogen and oxygen atoms in total. The van der Waals surface area contributed by atoms with Gasteiger partial charge in [-0.25, -0.2) is 4.79 Å². The van der Waals surface area contributed by atoms with E-state index in [0.717, 1.165) is 5.56 Å². The van der Waals surface area contributed by atoms with Gasteiger partial charge in [-0.15, -0.1) is 5.10 Å². The van der Waals surface area contributed by atoms with Crippen molar-refractivity contribution in [3.8, 4) is 0 Å². The smallest absolute Gasteiger partial charge is 0.339 e. The Morgan fingerprint density at radius 1 is 1.28 bits per heavy atom. The monoisotopic (exact) mass is 243 g/mol. The number of nitrogens with zero attached hydrogens (tertiary/aromatic N) is 3. The second-order valence-corrected chi connectivity index (χ2v) is 3.92. The summed E-state index contributed by atoms with van der Waals surface area (Å²) in [4.78, 5) is 12.9. The Kier molecular flexibility index (Phi) is 3.52. The minimum atomic E-state index is -1.00. The van der Waals surface area contributed by atoms with Crippen molar-refractivity contribution in [3.63, 3.8) is 0 Å². The van der Waals surface area contributed by atoms with E-state index in [0.29, 0.717) is 12.4 Å². The lowest BCUT2D eigenvalue weighted by molar-refractivity contribution is 0.0697. The van der Waals surface area contributed by atoms with Gasteiger partial charge in [0.25, 0.3) is 0 Å². The zero-order valence-corrected chi connectivity index (χ0v) is 9.95. The third-order valence-corrected chi connectivity index (χ3v) is 2.56. The van der Waals surface area contributed by atoms with Gasteiger partial charge in [0.05, 0.1) is 6.20 Å². The van der Waals surface area contributed by atoms with Crippen LogP contribution in [-0.2, 0) is 6.54 Å². The molecule has 0 atom stereocenters. The van der Waals surface area contributed by atoms with Crippen LogP contribution in [0.25, 0.3) is 0 Å². The fraction of sp³-hybridized carbons (Fsp3) is 0.154. The molecular formula is C13H13N3O2. The van der Waals surface area contributed by atoms with Gasteiger partial charge in [-0.1, -0.05) is 30.3 Å². The van der Waals surface area contributed by atoms with Gasteiger partial charge < -0.3 is 10.0 Å². The molecule has 0 aliphatic heterocycles. The maximum absolute atomic E-state index is 11.1. The second kappa shape index (κ2) is 5.27. The molecule has 18 heavy (non-hydrogen) atoms. The van der Waals surface area contributed by atoms with Crippen LogP contribution < -0.4 is 4.90 Å². The average Bonchev–Trinajstić information content (AvgIpc) is 2.40. The molecule has 2 rings (SSSR count). The summed E-state index contributed by atoms with van der Waals surface area (Å²) in [7, 11) is 1.80. The Balaban J connectivity index is 2.24. The van der Waals surface area contributed by atoms with Gasteiger partial charge >= 0.3 is 5.97 Å². The van der Waals surface area contributed by atoms with Gasteiger partial charge in [0.2, 0.25) is 0 Å². The molecule has 0 bridgehead atoms. The lowest BCUT2D eigenvalue weighted by atomic mass is 10.2. The van der Waals surface area contributed by atoms with Crippen molar-refractivity contribution in [3.05, 3.63) is 53.7 Å². The molecule has 1 heterocycles. The van der Waals surface area contributed by atoms with Crippen LogP contribution in [-0.4, -0.2) is 28.3 Å². The summed E-state index contributed by atoms with van der Waals surface area (Å²) in [5.41, 5.74) is 1.24. The van der Waals surface area contributed by atoms with Crippen molar-refractivity contribution in [2.24, 2.45) is 0 Å². The van der Waals surface area contributed by atoms with Crippen LogP contribution in [0.2, 0.25) is 0 Å². The number of carboxylic acids is 1. The molecular weight excluding hydrogens is 230 g/mol. The zero-order chi connectivity index (χ0) is 13.0. The third-order valence-electron chi connectivity index (χ3n) is 2.56. The Hall–Kier alpha value is -2.43. The molecule has 0 aliphatic carbocycles. The summed E-state index contributed by atoms with van der Waals surface area (Å²) in [5, 5.41) is 16.7. The highest BCUT2D eigenvalue weighted by Crippen LogP contribution is 2.16. The van der Waals surface area contributed by atoms with Crippen molar-refractivity contribution in [1.29, 1.82) is 0 Å². The van der Waals surface area contributed by atoms with Crippen LogP contribution in [0.5, 0.6) is 0 Å². The van der Waals surface area contributed by atoms with E-state index in [-0.39, 0.29) is 5.56 Å². The van der Waals surface area contributed by atoms with Gasteiger partial charge in [0.1, 0.15) is 5.56 Å². The van der Waals surface area contributed by atoms with E-state index in [1.807, 2.05) is 30.3 Å². The number of aromatic nitrogens is 2. The summed E-state index contributed by atoms with van der Waals surface area (Å²) in [6.45, 7) is 0.583. The van der Waals surface area contributed by atoms with Crippen LogP contribution in [0.1, 0.15) is 15.9 Å². The van der Waals surface area contributed by atoms with Crippen LogP contribution in [0.3, 0.4) is 0 Å². The number of carbonyl (C=O) groups is 1. The molecule has 0 aliphatic rings. The lowest BCUT2D eigenvalue weighted by Crippen LogP contribution is -2.21. The van der Waals surface area contributed by atoms with E-state index in [4.69, 9.17) is 5.11 Å². The van der Waals surface area contributed by atoms with Gasteiger partial charge in [-0.2, -0.15) is 5.10 Å². The standard InChI is InChI=1S/C13H13N3O2/c1-16(9-10-5-3-2-4-6-10)12-11(13(17)18)7-8-14-15-12/h2-8H,9H2,1H3,(H,17,18). The highest BCUT2D eigenvalue weighted by atomic mass is 16.4. The molecule has 0 amide bonds. The number of benzene rings is 1. The summed E-state index contributed by atoms with van der Waals surface area (Å²) >= 11 is 0. The van der Waals surface area contributed by atoms with Crippen molar-refractivity contribution in [2.75, 3.05) is 11.9 Å². The van der Waals surface area contributed by atoms with Crippen molar-refractivity contribution in [1.82, 2.24) is 10.2 Å². The van der Waals surface area contributed by atoms with Crippen LogP contribution in [0.15, 0.2) is 42.6 Å². The number of anilines is 1. The third kappa shape index (κ3) is 2.63. The van der Waals surface area contributed by atoms with E-state index in [2.05, 4.69) is 10.2 Å². The zero-order valence-electron chi connectivity index (χ0n) is 9.95. The first-order chi connectivity index (χ1) is 8.68. The molecule has 1 N–H and O–H groups in total. The first-order valence-electron chi connectivity index (χ1n) is 5.48. The minimum absolute atomic E-state index is 0.156. The van der Waals surface area contributed by atoms with E-state index >= 15 is 0 Å². The molecule has 0 fully saturated rings. The van der Waals surface area contributed by atoms with Gasteiger partial charge in [0, 0.05) is 13.6 Å². The van der Waals surface area contributed by atoms with Crippen molar-refractivity contribution in [2.45, 2.75) is 6.54 Å². The quantitative estimate of drug-likeness (QED) is 0.887. The average molecular weight is 243 g/mol. The maximum Gasteiger partial charge on any atom is 0.339 e. The molecule has 0 spiro atoms. The molecule has 0 radical (unpaired) electrons. The van der Waals surface area contributed by atoms with E-state index in [1.54, 1.807) is 11.9 Å². The summed E-state index contributed by atoms with van der Waals surface area (Å²) in [6, 6.07) is 11.2. The Morgan fingerprint density at radius 3 is 2.67 bits per heavy atom. The Labute approximate surface area is 105 Å². The molecule has 0 saturated carbocycles. The Morgan fingerprint density at radius 2 is 2.00 bits per heavy atom. The highest BCUT2D eigenvalue weighted by molar-refractivity contribution is 5.93. The van der Waals surface area contributed by atoms with Crippen LogP contribution >= 0.6 is 0 Å². The summed E-state index contributed by atoms with van der Waals surface area (Å²) in [6.07, 6.45) is 1.38. The fourth-order valence-electron chi connectivity index (χ4n) is 1.71. The molecule has 1 aromatic carbocycles. The van der Waals surface area contributed by atoms with Gasteiger partial charge in [0.15, 0.2) is 5.82 Å².